The second-order valence-corrected chi connectivity index (χ2v) is 6.20. The van der Waals surface area contributed by atoms with E-state index in [9.17, 15) is 4.79 Å². The molecule has 0 aliphatic heterocycles. The van der Waals surface area contributed by atoms with Crippen molar-refractivity contribution in [2.24, 2.45) is 0 Å². The average Bonchev–Trinajstić information content (AvgIpc) is 2.64. The van der Waals surface area contributed by atoms with Gasteiger partial charge in [-0.05, 0) is 48.0 Å². The maximum Gasteiger partial charge on any atom is 0.248 e. The maximum atomic E-state index is 12.2. The third-order valence-corrected chi connectivity index (χ3v) is 3.94. The quantitative estimate of drug-likeness (QED) is 0.548. The van der Waals surface area contributed by atoms with Crippen LogP contribution in [0.5, 0.6) is 11.5 Å². The normalized spacial score (nSPS) is 10.6. The highest BCUT2D eigenvalue weighted by Crippen LogP contribution is 2.29. The number of hydrogen-bond donors (Lipinski definition) is 1. The first-order valence-electron chi connectivity index (χ1n) is 7.77. The molecule has 0 aliphatic carbocycles. The van der Waals surface area contributed by atoms with Gasteiger partial charge in [0, 0.05) is 10.5 Å². The zero-order valence-electron chi connectivity index (χ0n) is 13.4. The van der Waals surface area contributed by atoms with Gasteiger partial charge in [-0.3, -0.25) is 4.79 Å². The zero-order chi connectivity index (χ0) is 17.5. The van der Waals surface area contributed by atoms with Gasteiger partial charge >= 0.3 is 0 Å². The predicted molar refractivity (Wildman–Crippen MR) is 105 cm³/mol. The van der Waals surface area contributed by atoms with E-state index in [1.165, 1.54) is 6.08 Å². The summed E-state index contributed by atoms with van der Waals surface area (Å²) in [6.07, 6.45) is 3.27. The number of halogens is 1. The molecule has 124 valence electrons. The van der Waals surface area contributed by atoms with Crippen molar-refractivity contribution in [2.75, 3.05) is 5.32 Å². The number of para-hydroxylation sites is 3. The lowest BCUT2D eigenvalue weighted by Crippen LogP contribution is -2.08. The summed E-state index contributed by atoms with van der Waals surface area (Å²) in [5, 5.41) is 2.85. The molecule has 0 aliphatic rings. The predicted octanol–water partition coefficient (Wildman–Crippen LogP) is 5.89. The van der Waals surface area contributed by atoms with Crippen LogP contribution in [0.25, 0.3) is 6.08 Å². The van der Waals surface area contributed by atoms with Crippen LogP contribution >= 0.6 is 15.9 Å². The van der Waals surface area contributed by atoms with Crippen LogP contribution < -0.4 is 10.1 Å². The number of carbonyl (C=O) groups excluding carboxylic acids is 1. The van der Waals surface area contributed by atoms with Crippen LogP contribution in [0.1, 0.15) is 5.56 Å². The molecule has 0 unspecified atom stereocenters. The Morgan fingerprint density at radius 2 is 1.56 bits per heavy atom. The Morgan fingerprint density at radius 1 is 0.880 bits per heavy atom. The molecule has 4 heteroatoms. The Kier molecular flexibility index (Phi) is 5.65. The van der Waals surface area contributed by atoms with E-state index in [4.69, 9.17) is 4.74 Å². The number of carbonyl (C=O) groups is 1. The van der Waals surface area contributed by atoms with E-state index < -0.39 is 0 Å². The molecule has 0 spiro atoms. The van der Waals surface area contributed by atoms with E-state index in [1.54, 1.807) is 6.08 Å². The lowest BCUT2D eigenvalue weighted by Gasteiger charge is -2.11. The summed E-state index contributed by atoms with van der Waals surface area (Å²) >= 11 is 3.39. The molecule has 3 rings (SSSR count). The van der Waals surface area contributed by atoms with Gasteiger partial charge in [-0.25, -0.2) is 0 Å². The van der Waals surface area contributed by atoms with Crippen LogP contribution in [-0.4, -0.2) is 5.91 Å². The topological polar surface area (TPSA) is 38.3 Å². The number of hydrogen-bond acceptors (Lipinski definition) is 2. The minimum absolute atomic E-state index is 0.216. The van der Waals surface area contributed by atoms with Gasteiger partial charge in [0.15, 0.2) is 5.75 Å². The molecule has 3 aromatic rings. The van der Waals surface area contributed by atoms with Crippen LogP contribution in [-0.2, 0) is 4.79 Å². The molecule has 0 fully saturated rings. The fourth-order valence-electron chi connectivity index (χ4n) is 2.19. The fraction of sp³-hybridized carbons (Fsp3) is 0. The van der Waals surface area contributed by atoms with Crippen molar-refractivity contribution < 1.29 is 9.53 Å². The maximum absolute atomic E-state index is 12.2. The standard InChI is InChI=1S/C21H16BrNO2/c22-17-13-10-16(11-14-17)12-15-21(24)23-19-8-4-5-9-20(19)25-18-6-2-1-3-7-18/h1-15H,(H,23,24)/b15-12+. The molecule has 1 N–H and O–H groups in total. The van der Waals surface area contributed by atoms with E-state index in [0.29, 0.717) is 11.4 Å². The summed E-state index contributed by atoms with van der Waals surface area (Å²) in [5.41, 5.74) is 1.57. The lowest BCUT2D eigenvalue weighted by atomic mass is 10.2. The first-order valence-corrected chi connectivity index (χ1v) is 8.56. The number of anilines is 1. The molecule has 0 heterocycles. The van der Waals surface area contributed by atoms with E-state index >= 15 is 0 Å². The number of amides is 1. The number of benzene rings is 3. The Bertz CT molecular complexity index is 874. The van der Waals surface area contributed by atoms with Gasteiger partial charge in [0.1, 0.15) is 5.75 Å². The van der Waals surface area contributed by atoms with Crippen molar-refractivity contribution in [3.05, 3.63) is 95.0 Å². The molecule has 1 amide bonds. The summed E-state index contributed by atoms with van der Waals surface area (Å²) in [5.74, 6) is 1.10. The molecule has 0 saturated carbocycles. The van der Waals surface area contributed by atoms with Crippen LogP contribution in [0.2, 0.25) is 0 Å². The molecule has 0 radical (unpaired) electrons. The summed E-state index contributed by atoms with van der Waals surface area (Å²) in [4.78, 5) is 12.2. The summed E-state index contributed by atoms with van der Waals surface area (Å²) in [7, 11) is 0. The lowest BCUT2D eigenvalue weighted by molar-refractivity contribution is -0.111. The summed E-state index contributed by atoms with van der Waals surface area (Å²) in [6.45, 7) is 0. The molecule has 0 aromatic heterocycles. The van der Waals surface area contributed by atoms with Gasteiger partial charge < -0.3 is 10.1 Å². The molecule has 3 aromatic carbocycles. The minimum atomic E-state index is -0.216. The van der Waals surface area contributed by atoms with Gasteiger partial charge in [0.2, 0.25) is 5.91 Å². The van der Waals surface area contributed by atoms with Crippen molar-refractivity contribution in [1.29, 1.82) is 0 Å². The number of ether oxygens (including phenoxy) is 1. The fourth-order valence-corrected chi connectivity index (χ4v) is 2.46. The number of nitrogens with one attached hydrogen (secondary N) is 1. The summed E-state index contributed by atoms with van der Waals surface area (Å²) < 4.78 is 6.84. The smallest absolute Gasteiger partial charge is 0.248 e. The second kappa shape index (κ2) is 8.31. The van der Waals surface area contributed by atoms with Crippen molar-refractivity contribution >= 4 is 33.6 Å². The van der Waals surface area contributed by atoms with E-state index in [0.717, 1.165) is 15.8 Å². The molecule has 0 atom stereocenters. The van der Waals surface area contributed by atoms with E-state index in [1.807, 2.05) is 78.9 Å². The highest BCUT2D eigenvalue weighted by Gasteiger charge is 2.06. The van der Waals surface area contributed by atoms with Crippen molar-refractivity contribution in [3.63, 3.8) is 0 Å². The van der Waals surface area contributed by atoms with Gasteiger partial charge in [-0.2, -0.15) is 0 Å². The van der Waals surface area contributed by atoms with Crippen molar-refractivity contribution in [2.45, 2.75) is 0 Å². The molecular weight excluding hydrogens is 378 g/mol. The van der Waals surface area contributed by atoms with Crippen LogP contribution in [0, 0.1) is 0 Å². The first kappa shape index (κ1) is 17.0. The van der Waals surface area contributed by atoms with Crippen LogP contribution in [0.15, 0.2) is 89.4 Å². The zero-order valence-corrected chi connectivity index (χ0v) is 14.9. The average molecular weight is 394 g/mol. The minimum Gasteiger partial charge on any atom is -0.455 e. The van der Waals surface area contributed by atoms with Gasteiger partial charge in [0.25, 0.3) is 0 Å². The Balaban J connectivity index is 1.70. The Labute approximate surface area is 155 Å². The van der Waals surface area contributed by atoms with Gasteiger partial charge in [-0.15, -0.1) is 0 Å². The molecule has 3 nitrogen and oxygen atoms in total. The van der Waals surface area contributed by atoms with E-state index in [2.05, 4.69) is 21.2 Å². The Hall–Kier alpha value is -2.85. The molecule has 25 heavy (non-hydrogen) atoms. The van der Waals surface area contributed by atoms with Crippen LogP contribution in [0.3, 0.4) is 0 Å². The van der Waals surface area contributed by atoms with E-state index in [-0.39, 0.29) is 5.91 Å². The third-order valence-electron chi connectivity index (χ3n) is 3.41. The van der Waals surface area contributed by atoms with Gasteiger partial charge in [-0.1, -0.05) is 58.4 Å². The Morgan fingerprint density at radius 3 is 2.32 bits per heavy atom. The SMILES string of the molecule is O=C(/C=C/c1ccc(Br)cc1)Nc1ccccc1Oc1ccccc1. The molecule has 0 saturated heterocycles. The highest BCUT2D eigenvalue weighted by atomic mass is 79.9. The summed E-state index contributed by atoms with van der Waals surface area (Å²) in [6, 6.07) is 24.5. The second-order valence-electron chi connectivity index (χ2n) is 5.29. The molecule has 0 bridgehead atoms. The molecular formula is C21H16BrNO2. The van der Waals surface area contributed by atoms with Gasteiger partial charge in [0.05, 0.1) is 5.69 Å². The van der Waals surface area contributed by atoms with Crippen LogP contribution in [0.4, 0.5) is 5.69 Å². The monoisotopic (exact) mass is 393 g/mol. The largest absolute Gasteiger partial charge is 0.455 e. The van der Waals surface area contributed by atoms with Crippen molar-refractivity contribution in [3.8, 4) is 11.5 Å². The highest BCUT2D eigenvalue weighted by molar-refractivity contribution is 9.10. The van der Waals surface area contributed by atoms with Crippen molar-refractivity contribution in [1.82, 2.24) is 0 Å². The number of rotatable bonds is 5. The first-order chi connectivity index (χ1) is 12.2. The third kappa shape index (κ3) is 5.06.